The molecule has 1 heterocycles. The Bertz CT molecular complexity index is 877. The van der Waals surface area contributed by atoms with Crippen LogP contribution in [0.4, 0.5) is 5.69 Å². The first-order chi connectivity index (χ1) is 12.3. The van der Waals surface area contributed by atoms with E-state index in [1.54, 1.807) is 17.5 Å². The molecule has 7 nitrogen and oxygen atoms in total. The number of hydrogen-bond acceptors (Lipinski definition) is 6. The molecule has 0 bridgehead atoms. The van der Waals surface area contributed by atoms with Crippen LogP contribution in [0, 0.1) is 13.8 Å². The van der Waals surface area contributed by atoms with Gasteiger partial charge < -0.3 is 10.1 Å². The van der Waals surface area contributed by atoms with Crippen LogP contribution in [0.5, 0.6) is 0 Å². The molecule has 26 heavy (non-hydrogen) atoms. The van der Waals surface area contributed by atoms with Crippen LogP contribution in [0.2, 0.25) is 0 Å². The fourth-order valence-corrected chi connectivity index (χ4v) is 4.14. The van der Waals surface area contributed by atoms with Crippen molar-refractivity contribution < 1.29 is 22.7 Å². The van der Waals surface area contributed by atoms with Gasteiger partial charge in [-0.2, -0.15) is 0 Å². The van der Waals surface area contributed by atoms with Gasteiger partial charge in [0.05, 0.1) is 6.42 Å². The van der Waals surface area contributed by atoms with E-state index in [9.17, 15) is 18.0 Å². The molecular formula is C17H20N2O5S2. The summed E-state index contributed by atoms with van der Waals surface area (Å²) in [4.78, 5) is 23.5. The molecule has 1 aromatic heterocycles. The van der Waals surface area contributed by atoms with Crippen molar-refractivity contribution in [3.8, 4) is 0 Å². The lowest BCUT2D eigenvalue weighted by Crippen LogP contribution is -2.27. The second-order valence-electron chi connectivity index (χ2n) is 5.54. The SMILES string of the molecule is Cc1cccc(NC(=O)COC(=O)CCNS(=O)(=O)c2cccs2)c1C. The van der Waals surface area contributed by atoms with Crippen LogP contribution < -0.4 is 10.0 Å². The predicted octanol–water partition coefficient (Wildman–Crippen LogP) is 2.22. The van der Waals surface area contributed by atoms with E-state index in [4.69, 9.17) is 4.74 Å². The summed E-state index contributed by atoms with van der Waals surface area (Å²) >= 11 is 1.09. The molecular weight excluding hydrogens is 376 g/mol. The number of sulfonamides is 1. The molecule has 0 spiro atoms. The standard InChI is InChI=1S/C17H20N2O5S2/c1-12-5-3-6-14(13(12)2)19-15(20)11-24-16(21)8-9-18-26(22,23)17-7-4-10-25-17/h3-7,10,18H,8-9,11H2,1-2H3,(H,19,20). The topological polar surface area (TPSA) is 102 Å². The molecule has 9 heteroatoms. The first-order valence-corrected chi connectivity index (χ1v) is 10.2. The lowest BCUT2D eigenvalue weighted by molar-refractivity contribution is -0.147. The summed E-state index contributed by atoms with van der Waals surface area (Å²) in [6.07, 6.45) is -0.165. The van der Waals surface area contributed by atoms with Crippen molar-refractivity contribution in [3.63, 3.8) is 0 Å². The van der Waals surface area contributed by atoms with E-state index in [2.05, 4.69) is 10.0 Å². The fourth-order valence-electron chi connectivity index (χ4n) is 2.07. The van der Waals surface area contributed by atoms with Gasteiger partial charge in [-0.15, -0.1) is 11.3 Å². The molecule has 0 aliphatic rings. The number of ether oxygens (including phenoxy) is 1. The smallest absolute Gasteiger partial charge is 0.307 e. The fraction of sp³-hybridized carbons (Fsp3) is 0.294. The Balaban J connectivity index is 1.73. The number of hydrogen-bond donors (Lipinski definition) is 2. The number of rotatable bonds is 8. The van der Waals surface area contributed by atoms with Crippen molar-refractivity contribution in [2.75, 3.05) is 18.5 Å². The summed E-state index contributed by atoms with van der Waals surface area (Å²) in [5.74, 6) is -1.11. The third-order valence-corrected chi connectivity index (χ3v) is 6.48. The normalized spacial score (nSPS) is 11.2. The number of carbonyl (C=O) groups is 2. The molecule has 0 unspecified atom stereocenters. The number of amides is 1. The summed E-state index contributed by atoms with van der Waals surface area (Å²) in [5.41, 5.74) is 2.64. The maximum atomic E-state index is 11.9. The number of carbonyl (C=O) groups excluding carboxylic acids is 2. The summed E-state index contributed by atoms with van der Waals surface area (Å²) in [7, 11) is -3.61. The number of nitrogens with one attached hydrogen (secondary N) is 2. The Morgan fingerprint density at radius 2 is 1.92 bits per heavy atom. The van der Waals surface area contributed by atoms with E-state index in [0.29, 0.717) is 5.69 Å². The molecule has 140 valence electrons. The van der Waals surface area contributed by atoms with Crippen LogP contribution in [0.15, 0.2) is 39.9 Å². The van der Waals surface area contributed by atoms with Gasteiger partial charge in [0.2, 0.25) is 10.0 Å². The Morgan fingerprint density at radius 1 is 1.15 bits per heavy atom. The van der Waals surface area contributed by atoms with Gasteiger partial charge in [0.1, 0.15) is 4.21 Å². The molecule has 0 aliphatic carbocycles. The van der Waals surface area contributed by atoms with E-state index < -0.39 is 28.5 Å². The highest BCUT2D eigenvalue weighted by Gasteiger charge is 2.16. The third kappa shape index (κ3) is 5.65. The zero-order valence-electron chi connectivity index (χ0n) is 14.4. The highest BCUT2D eigenvalue weighted by atomic mass is 32.2. The van der Waals surface area contributed by atoms with Crippen LogP contribution in [0.25, 0.3) is 0 Å². The molecule has 2 rings (SSSR count). The highest BCUT2D eigenvalue weighted by Crippen LogP contribution is 2.18. The minimum absolute atomic E-state index is 0.0995. The summed E-state index contributed by atoms with van der Waals surface area (Å²) in [5, 5.41) is 4.33. The Morgan fingerprint density at radius 3 is 2.62 bits per heavy atom. The Labute approximate surface area is 156 Å². The molecule has 0 aliphatic heterocycles. The van der Waals surface area contributed by atoms with Gasteiger partial charge in [-0.05, 0) is 42.5 Å². The van der Waals surface area contributed by atoms with E-state index in [1.807, 2.05) is 26.0 Å². The van der Waals surface area contributed by atoms with Crippen molar-refractivity contribution >= 4 is 38.9 Å². The van der Waals surface area contributed by atoms with Crippen molar-refractivity contribution in [2.24, 2.45) is 0 Å². The second kappa shape index (κ2) is 8.93. The van der Waals surface area contributed by atoms with Crippen LogP contribution in [0.1, 0.15) is 17.5 Å². The van der Waals surface area contributed by atoms with Gasteiger partial charge in [-0.25, -0.2) is 13.1 Å². The van der Waals surface area contributed by atoms with Crippen molar-refractivity contribution in [3.05, 3.63) is 46.8 Å². The maximum absolute atomic E-state index is 11.9. The zero-order chi connectivity index (χ0) is 19.2. The molecule has 0 radical (unpaired) electrons. The van der Waals surface area contributed by atoms with Gasteiger partial charge in [-0.1, -0.05) is 18.2 Å². The monoisotopic (exact) mass is 396 g/mol. The highest BCUT2D eigenvalue weighted by molar-refractivity contribution is 7.91. The van der Waals surface area contributed by atoms with E-state index >= 15 is 0 Å². The van der Waals surface area contributed by atoms with Gasteiger partial charge in [0.25, 0.3) is 5.91 Å². The van der Waals surface area contributed by atoms with E-state index in [-0.39, 0.29) is 17.2 Å². The number of thiophene rings is 1. The van der Waals surface area contributed by atoms with Crippen molar-refractivity contribution in [2.45, 2.75) is 24.5 Å². The average Bonchev–Trinajstić information content (AvgIpc) is 3.12. The van der Waals surface area contributed by atoms with E-state index in [0.717, 1.165) is 22.5 Å². The largest absolute Gasteiger partial charge is 0.456 e. The minimum Gasteiger partial charge on any atom is -0.456 e. The lowest BCUT2D eigenvalue weighted by Gasteiger charge is -2.10. The molecule has 0 fully saturated rings. The van der Waals surface area contributed by atoms with Gasteiger partial charge in [-0.3, -0.25) is 9.59 Å². The number of esters is 1. The minimum atomic E-state index is -3.61. The van der Waals surface area contributed by atoms with E-state index in [1.165, 1.54) is 6.07 Å². The predicted molar refractivity (Wildman–Crippen MR) is 99.6 cm³/mol. The van der Waals surface area contributed by atoms with Gasteiger partial charge in [0, 0.05) is 12.2 Å². The lowest BCUT2D eigenvalue weighted by atomic mass is 10.1. The molecule has 0 saturated heterocycles. The quantitative estimate of drug-likeness (QED) is 0.666. The van der Waals surface area contributed by atoms with Gasteiger partial charge >= 0.3 is 5.97 Å². The Hall–Kier alpha value is -2.23. The van der Waals surface area contributed by atoms with Crippen LogP contribution >= 0.6 is 11.3 Å². The van der Waals surface area contributed by atoms with Crippen LogP contribution in [-0.2, 0) is 24.3 Å². The summed E-state index contributed by atoms with van der Waals surface area (Å²) in [6.45, 7) is 3.29. The molecule has 1 amide bonds. The molecule has 2 aromatic rings. The molecule has 0 saturated carbocycles. The third-order valence-electron chi connectivity index (χ3n) is 3.62. The number of benzene rings is 1. The van der Waals surface area contributed by atoms with Crippen LogP contribution in [-0.4, -0.2) is 33.4 Å². The van der Waals surface area contributed by atoms with Crippen molar-refractivity contribution in [1.82, 2.24) is 4.72 Å². The average molecular weight is 396 g/mol. The summed E-state index contributed by atoms with van der Waals surface area (Å²) < 4.78 is 31.1. The zero-order valence-corrected chi connectivity index (χ0v) is 16.1. The Kier molecular flexibility index (Phi) is 6.90. The molecule has 2 N–H and O–H groups in total. The summed E-state index contributed by atoms with van der Waals surface area (Å²) in [6, 6.07) is 8.62. The van der Waals surface area contributed by atoms with Crippen LogP contribution in [0.3, 0.4) is 0 Å². The first-order valence-electron chi connectivity index (χ1n) is 7.84. The first kappa shape index (κ1) is 20.1. The number of anilines is 1. The number of aryl methyl sites for hydroxylation is 1. The maximum Gasteiger partial charge on any atom is 0.307 e. The van der Waals surface area contributed by atoms with Gasteiger partial charge in [0.15, 0.2) is 6.61 Å². The molecule has 0 atom stereocenters. The molecule has 1 aromatic carbocycles. The second-order valence-corrected chi connectivity index (χ2v) is 8.48. The van der Waals surface area contributed by atoms with Crippen molar-refractivity contribution in [1.29, 1.82) is 0 Å².